The number of hydrogen-bond acceptors (Lipinski definition) is 6. The molecule has 0 saturated carbocycles. The summed E-state index contributed by atoms with van der Waals surface area (Å²) in [6.07, 6.45) is 1.65. The van der Waals surface area contributed by atoms with Crippen LogP contribution in [0.5, 0.6) is 0 Å². The third kappa shape index (κ3) is 4.53. The van der Waals surface area contributed by atoms with Crippen molar-refractivity contribution in [3.8, 4) is 0 Å². The first-order chi connectivity index (χ1) is 13.2. The maximum Gasteiger partial charge on any atom is 0.159 e. The lowest BCUT2D eigenvalue weighted by molar-refractivity contribution is -0.0515. The highest BCUT2D eigenvalue weighted by atomic mass is 32.2. The molecular formula is C19H18N2O2S4. The molecule has 0 amide bonds. The number of benzene rings is 2. The third-order valence-electron chi connectivity index (χ3n) is 4.28. The summed E-state index contributed by atoms with van der Waals surface area (Å²) < 4.78 is 15.3. The minimum absolute atomic E-state index is 0.297. The van der Waals surface area contributed by atoms with E-state index in [1.54, 1.807) is 22.7 Å². The predicted octanol–water partition coefficient (Wildman–Crippen LogP) is 6.01. The number of nitrogens with one attached hydrogen (secondary N) is 2. The van der Waals surface area contributed by atoms with Crippen LogP contribution in [-0.2, 0) is 22.3 Å². The van der Waals surface area contributed by atoms with Crippen molar-refractivity contribution in [2.75, 3.05) is 20.0 Å². The molecule has 0 aliphatic carbocycles. The minimum atomic E-state index is 0.297. The number of aromatic amines is 2. The van der Waals surface area contributed by atoms with E-state index in [1.165, 1.54) is 20.5 Å². The van der Waals surface area contributed by atoms with E-state index in [4.69, 9.17) is 33.9 Å². The Bertz CT molecular complexity index is 1080. The Balaban J connectivity index is 1.22. The first kappa shape index (κ1) is 18.9. The van der Waals surface area contributed by atoms with E-state index in [1.807, 2.05) is 0 Å². The topological polar surface area (TPSA) is 50.0 Å². The fraction of sp³-hybridized carbons (Fsp3) is 0.263. The van der Waals surface area contributed by atoms with E-state index in [0.29, 0.717) is 20.0 Å². The maximum absolute atomic E-state index is 5.64. The summed E-state index contributed by atoms with van der Waals surface area (Å²) in [5.74, 6) is 0. The van der Waals surface area contributed by atoms with Crippen molar-refractivity contribution in [1.29, 1.82) is 0 Å². The van der Waals surface area contributed by atoms with Crippen molar-refractivity contribution in [1.82, 2.24) is 9.97 Å². The molecule has 0 atom stereocenters. The maximum atomic E-state index is 5.64. The van der Waals surface area contributed by atoms with Gasteiger partial charge in [0.25, 0.3) is 0 Å². The van der Waals surface area contributed by atoms with Gasteiger partial charge in [-0.05, 0) is 60.5 Å². The van der Waals surface area contributed by atoms with Gasteiger partial charge < -0.3 is 19.4 Å². The van der Waals surface area contributed by atoms with Gasteiger partial charge in [0, 0.05) is 0 Å². The number of para-hydroxylation sites is 2. The van der Waals surface area contributed by atoms with Crippen molar-refractivity contribution in [2.45, 2.75) is 12.8 Å². The van der Waals surface area contributed by atoms with Gasteiger partial charge in [-0.2, -0.15) is 0 Å². The number of H-pyrrole nitrogens is 2. The smallest absolute Gasteiger partial charge is 0.159 e. The van der Waals surface area contributed by atoms with E-state index in [2.05, 4.69) is 46.4 Å². The lowest BCUT2D eigenvalue weighted by Gasteiger charge is -2.07. The molecule has 2 N–H and O–H groups in total. The average Bonchev–Trinajstić information content (AvgIpc) is 3.22. The average molecular weight is 435 g/mol. The molecule has 8 heteroatoms. The zero-order chi connectivity index (χ0) is 18.6. The van der Waals surface area contributed by atoms with Crippen LogP contribution in [0.15, 0.2) is 36.4 Å². The lowest BCUT2D eigenvalue weighted by atomic mass is 10.1. The molecule has 0 radical (unpaired) electrons. The summed E-state index contributed by atoms with van der Waals surface area (Å²) in [6, 6.07) is 12.5. The van der Waals surface area contributed by atoms with Crippen LogP contribution in [0.2, 0.25) is 0 Å². The van der Waals surface area contributed by atoms with E-state index in [0.717, 1.165) is 31.8 Å². The number of aromatic nitrogens is 2. The van der Waals surface area contributed by atoms with Gasteiger partial charge >= 0.3 is 0 Å². The molecule has 4 aromatic rings. The summed E-state index contributed by atoms with van der Waals surface area (Å²) in [5.41, 5.74) is 4.69. The molecule has 2 heterocycles. The monoisotopic (exact) mass is 434 g/mol. The van der Waals surface area contributed by atoms with Crippen molar-refractivity contribution in [2.24, 2.45) is 0 Å². The molecule has 2 aromatic heterocycles. The fourth-order valence-corrected chi connectivity index (χ4v) is 5.33. The normalized spacial score (nSPS) is 11.6. The predicted molar refractivity (Wildman–Crippen MR) is 118 cm³/mol. The van der Waals surface area contributed by atoms with Gasteiger partial charge in [-0.3, -0.25) is 0 Å². The molecule has 0 saturated heterocycles. The zero-order valence-corrected chi connectivity index (χ0v) is 17.7. The molecule has 0 unspecified atom stereocenters. The Kier molecular flexibility index (Phi) is 6.11. The summed E-state index contributed by atoms with van der Waals surface area (Å²) in [6.45, 7) is 1.52. The molecule has 0 fully saturated rings. The molecule has 0 bridgehead atoms. The number of hydrogen-bond donors (Lipinski definition) is 2. The molecule has 0 aliphatic rings. The van der Waals surface area contributed by atoms with Gasteiger partial charge in [-0.1, -0.05) is 24.3 Å². The molecule has 4 nitrogen and oxygen atoms in total. The second kappa shape index (κ2) is 8.72. The van der Waals surface area contributed by atoms with E-state index >= 15 is 0 Å². The van der Waals surface area contributed by atoms with Crippen LogP contribution in [0, 0.1) is 7.91 Å². The standard InChI is InChI=1S/C19H18N2O2S4/c24-18-20-16-12(3-1-5-14(16)26-18)7-9-22-11-23-10-8-13-4-2-6-15-17(13)21-19(25)27-15/h1-6H,7-11H2,(H,20,24)(H,21,25). The Hall–Kier alpha value is -1.42. The Morgan fingerprint density at radius 3 is 1.70 bits per heavy atom. The molecule has 0 spiro atoms. The van der Waals surface area contributed by atoms with Gasteiger partial charge in [-0.25, -0.2) is 0 Å². The number of rotatable bonds is 8. The van der Waals surface area contributed by atoms with Gasteiger partial charge in [0.2, 0.25) is 0 Å². The first-order valence-electron chi connectivity index (χ1n) is 8.57. The lowest BCUT2D eigenvalue weighted by Crippen LogP contribution is -2.06. The number of thiazole rings is 2. The minimum Gasteiger partial charge on any atom is -0.355 e. The molecule has 2 aromatic carbocycles. The number of fused-ring (bicyclic) bond motifs is 2. The Morgan fingerprint density at radius 1 is 0.741 bits per heavy atom. The van der Waals surface area contributed by atoms with Crippen LogP contribution in [0.1, 0.15) is 11.1 Å². The van der Waals surface area contributed by atoms with Crippen molar-refractivity contribution >= 4 is 67.5 Å². The summed E-state index contributed by atoms with van der Waals surface area (Å²) in [5, 5.41) is 0. The highest BCUT2D eigenvalue weighted by molar-refractivity contribution is 7.74. The number of ether oxygens (including phenoxy) is 2. The largest absolute Gasteiger partial charge is 0.355 e. The van der Waals surface area contributed by atoms with Crippen LogP contribution in [-0.4, -0.2) is 30.0 Å². The third-order valence-corrected chi connectivity index (χ3v) is 6.68. The highest BCUT2D eigenvalue weighted by Gasteiger charge is 2.05. The molecule has 4 rings (SSSR count). The van der Waals surface area contributed by atoms with Gasteiger partial charge in [0.05, 0.1) is 33.6 Å². The highest BCUT2D eigenvalue weighted by Crippen LogP contribution is 2.24. The van der Waals surface area contributed by atoms with Gasteiger partial charge in [-0.15, -0.1) is 22.7 Å². The van der Waals surface area contributed by atoms with Crippen LogP contribution in [0.3, 0.4) is 0 Å². The van der Waals surface area contributed by atoms with Gasteiger partial charge in [0.1, 0.15) is 6.79 Å². The second-order valence-corrected chi connectivity index (χ2v) is 9.48. The molecule has 27 heavy (non-hydrogen) atoms. The van der Waals surface area contributed by atoms with E-state index < -0.39 is 0 Å². The van der Waals surface area contributed by atoms with Crippen molar-refractivity contribution in [3.63, 3.8) is 0 Å². The fourth-order valence-electron chi connectivity index (χ4n) is 3.02. The molecular weight excluding hydrogens is 416 g/mol. The van der Waals surface area contributed by atoms with Gasteiger partial charge in [0.15, 0.2) is 7.91 Å². The Labute approximate surface area is 174 Å². The van der Waals surface area contributed by atoms with Crippen molar-refractivity contribution in [3.05, 3.63) is 55.4 Å². The van der Waals surface area contributed by atoms with E-state index in [9.17, 15) is 0 Å². The zero-order valence-electron chi connectivity index (χ0n) is 14.4. The second-order valence-electron chi connectivity index (χ2n) is 6.04. The van der Waals surface area contributed by atoms with Crippen molar-refractivity contribution < 1.29 is 9.47 Å². The Morgan fingerprint density at radius 2 is 1.22 bits per heavy atom. The SMILES string of the molecule is S=c1[nH]c2c(CCOCOCCc3cccc4sc(=S)[nH]c34)cccc2s1. The summed E-state index contributed by atoms with van der Waals surface area (Å²) in [7, 11) is 0. The quantitative estimate of drug-likeness (QED) is 0.203. The van der Waals surface area contributed by atoms with Crippen LogP contribution in [0.4, 0.5) is 0 Å². The van der Waals surface area contributed by atoms with Crippen LogP contribution < -0.4 is 0 Å². The van der Waals surface area contributed by atoms with E-state index in [-0.39, 0.29) is 0 Å². The first-order valence-corrected chi connectivity index (χ1v) is 11.0. The van der Waals surface area contributed by atoms with Crippen LogP contribution in [0.25, 0.3) is 20.4 Å². The molecule has 140 valence electrons. The summed E-state index contributed by atoms with van der Waals surface area (Å²) >= 11 is 13.7. The summed E-state index contributed by atoms with van der Waals surface area (Å²) in [4.78, 5) is 6.52. The molecule has 0 aliphatic heterocycles. The van der Waals surface area contributed by atoms with Crippen LogP contribution >= 0.6 is 47.1 Å².